The molecule has 1 aromatic heterocycles. The van der Waals surface area contributed by atoms with Crippen molar-refractivity contribution in [2.75, 3.05) is 20.0 Å². The summed E-state index contributed by atoms with van der Waals surface area (Å²) >= 11 is 1.26. The Hall–Kier alpha value is -4.31. The highest BCUT2D eigenvalue weighted by Crippen LogP contribution is 2.36. The van der Waals surface area contributed by atoms with E-state index in [-0.39, 0.29) is 28.9 Å². The number of ether oxygens (including phenoxy) is 2. The molecule has 0 saturated carbocycles. The Morgan fingerprint density at radius 3 is 2.29 bits per heavy atom. The van der Waals surface area contributed by atoms with Crippen LogP contribution < -0.4 is 14.9 Å². The highest BCUT2D eigenvalue weighted by molar-refractivity contribution is 7.99. The lowest BCUT2D eigenvalue weighted by atomic mass is 10.2. The van der Waals surface area contributed by atoms with E-state index in [0.717, 1.165) is 11.3 Å². The first kappa shape index (κ1) is 23.8. The summed E-state index contributed by atoms with van der Waals surface area (Å²) in [5.41, 5.74) is 4.90. The topological polar surface area (TPSA) is 111 Å². The lowest BCUT2D eigenvalue weighted by Crippen LogP contribution is -2.20. The first-order valence-corrected chi connectivity index (χ1v) is 11.5. The first-order chi connectivity index (χ1) is 17.1. The van der Waals surface area contributed by atoms with Gasteiger partial charge in [0.05, 0.1) is 26.2 Å². The number of phenolic OH excluding ortho intramolecular Hbond substituents is 1. The van der Waals surface area contributed by atoms with Crippen molar-refractivity contribution in [1.82, 2.24) is 20.2 Å². The lowest BCUT2D eigenvalue weighted by Gasteiger charge is -2.10. The Balaban J connectivity index is 1.47. The van der Waals surface area contributed by atoms with E-state index in [9.17, 15) is 9.90 Å². The summed E-state index contributed by atoms with van der Waals surface area (Å²) in [6.07, 6.45) is 1.44. The summed E-state index contributed by atoms with van der Waals surface area (Å²) < 4.78 is 12.2. The highest BCUT2D eigenvalue weighted by Gasteiger charge is 2.17. The zero-order valence-electron chi connectivity index (χ0n) is 19.1. The van der Waals surface area contributed by atoms with Gasteiger partial charge in [-0.1, -0.05) is 60.3 Å². The van der Waals surface area contributed by atoms with E-state index in [0.29, 0.717) is 16.5 Å². The van der Waals surface area contributed by atoms with E-state index in [4.69, 9.17) is 9.47 Å². The smallest absolute Gasteiger partial charge is 0.250 e. The molecule has 4 rings (SSSR count). The third-order valence-electron chi connectivity index (χ3n) is 4.92. The number of nitrogens with one attached hydrogen (secondary N) is 1. The van der Waals surface area contributed by atoms with Crippen LogP contribution in [0.5, 0.6) is 17.2 Å². The summed E-state index contributed by atoms with van der Waals surface area (Å²) in [6, 6.07) is 22.7. The maximum atomic E-state index is 12.4. The molecular weight excluding hydrogens is 466 g/mol. The van der Waals surface area contributed by atoms with Gasteiger partial charge in [0.1, 0.15) is 0 Å². The number of aromatic nitrogens is 3. The molecule has 0 bridgehead atoms. The van der Waals surface area contributed by atoms with Gasteiger partial charge in [-0.15, -0.1) is 10.2 Å². The van der Waals surface area contributed by atoms with E-state index in [2.05, 4.69) is 20.7 Å². The average Bonchev–Trinajstić information content (AvgIpc) is 3.33. The summed E-state index contributed by atoms with van der Waals surface area (Å²) in [4.78, 5) is 12.4. The van der Waals surface area contributed by atoms with Crippen molar-refractivity contribution in [2.24, 2.45) is 5.10 Å². The second-order valence-electron chi connectivity index (χ2n) is 7.20. The third-order valence-corrected chi connectivity index (χ3v) is 5.85. The minimum atomic E-state index is -0.312. The number of amides is 1. The van der Waals surface area contributed by atoms with E-state index in [1.807, 2.05) is 65.2 Å². The predicted octanol–water partition coefficient (Wildman–Crippen LogP) is 3.90. The summed E-state index contributed by atoms with van der Waals surface area (Å²) in [5, 5.41) is 23.3. The van der Waals surface area contributed by atoms with Gasteiger partial charge in [-0.25, -0.2) is 5.43 Å². The molecule has 4 aromatic rings. The van der Waals surface area contributed by atoms with Crippen LogP contribution in [0.25, 0.3) is 17.1 Å². The van der Waals surface area contributed by atoms with Crippen LogP contribution in [0.15, 0.2) is 83.1 Å². The van der Waals surface area contributed by atoms with Gasteiger partial charge in [-0.2, -0.15) is 5.10 Å². The second kappa shape index (κ2) is 11.2. The highest BCUT2D eigenvalue weighted by atomic mass is 32.2. The van der Waals surface area contributed by atoms with Crippen molar-refractivity contribution in [3.05, 3.63) is 78.4 Å². The molecule has 0 spiro atoms. The van der Waals surface area contributed by atoms with E-state index in [1.54, 1.807) is 12.1 Å². The number of rotatable bonds is 9. The fourth-order valence-electron chi connectivity index (χ4n) is 3.28. The number of hydrazone groups is 1. The maximum absolute atomic E-state index is 12.4. The van der Waals surface area contributed by atoms with Crippen LogP contribution in [0.1, 0.15) is 5.56 Å². The molecular formula is C25H23N5O4S. The lowest BCUT2D eigenvalue weighted by molar-refractivity contribution is -0.118. The number of thioether (sulfide) groups is 1. The van der Waals surface area contributed by atoms with Crippen molar-refractivity contribution < 1.29 is 19.4 Å². The fraction of sp³-hybridized carbons (Fsp3) is 0.120. The van der Waals surface area contributed by atoms with Crippen LogP contribution in [0.4, 0.5) is 0 Å². The molecule has 1 heterocycles. The maximum Gasteiger partial charge on any atom is 0.250 e. The predicted molar refractivity (Wildman–Crippen MR) is 134 cm³/mol. The normalized spacial score (nSPS) is 10.9. The third kappa shape index (κ3) is 5.61. The molecule has 1 amide bonds. The van der Waals surface area contributed by atoms with E-state index < -0.39 is 0 Å². The van der Waals surface area contributed by atoms with Crippen LogP contribution in [0.3, 0.4) is 0 Å². The van der Waals surface area contributed by atoms with Crippen LogP contribution in [0.2, 0.25) is 0 Å². The Kier molecular flexibility index (Phi) is 7.63. The van der Waals surface area contributed by atoms with Gasteiger partial charge < -0.3 is 14.6 Å². The van der Waals surface area contributed by atoms with Crippen molar-refractivity contribution in [1.29, 1.82) is 0 Å². The van der Waals surface area contributed by atoms with Crippen LogP contribution in [-0.4, -0.2) is 52.0 Å². The van der Waals surface area contributed by atoms with Crippen molar-refractivity contribution in [3.8, 4) is 34.3 Å². The largest absolute Gasteiger partial charge is 0.502 e. The number of phenols is 1. The van der Waals surface area contributed by atoms with E-state index in [1.165, 1.54) is 32.2 Å². The van der Waals surface area contributed by atoms with Crippen molar-refractivity contribution in [3.63, 3.8) is 0 Å². The number of benzene rings is 3. The number of methoxy groups -OCH3 is 2. The molecule has 0 unspecified atom stereocenters. The molecule has 178 valence electrons. The molecule has 0 aliphatic rings. The minimum Gasteiger partial charge on any atom is -0.502 e. The molecule has 35 heavy (non-hydrogen) atoms. The van der Waals surface area contributed by atoms with Crippen LogP contribution in [-0.2, 0) is 4.79 Å². The summed E-state index contributed by atoms with van der Waals surface area (Å²) in [5.74, 6) is 0.828. The second-order valence-corrected chi connectivity index (χ2v) is 8.14. The first-order valence-electron chi connectivity index (χ1n) is 10.6. The molecule has 0 saturated heterocycles. The van der Waals surface area contributed by atoms with Gasteiger partial charge in [0.25, 0.3) is 5.91 Å². The van der Waals surface area contributed by atoms with Crippen LogP contribution in [0, 0.1) is 0 Å². The number of carbonyl (C=O) groups is 1. The monoisotopic (exact) mass is 489 g/mol. The summed E-state index contributed by atoms with van der Waals surface area (Å²) in [6.45, 7) is 0. The van der Waals surface area contributed by atoms with Crippen molar-refractivity contribution in [2.45, 2.75) is 5.16 Å². The molecule has 9 nitrogen and oxygen atoms in total. The SMILES string of the molecule is COc1cc(/C=N/NC(=O)CSc2nnc(-c3ccccc3)n2-c2ccccc2)cc(OC)c1O. The standard InChI is InChI=1S/C25H23N5O4S/c1-33-20-13-17(14-21(34-2)23(20)32)15-26-27-22(31)16-35-25-29-28-24(18-9-5-3-6-10-18)30(25)19-11-7-4-8-12-19/h3-15,32H,16H2,1-2H3,(H,27,31)/b26-15+. The molecule has 0 atom stereocenters. The van der Waals surface area contributed by atoms with Crippen molar-refractivity contribution >= 4 is 23.9 Å². The van der Waals surface area contributed by atoms with Gasteiger partial charge in [0, 0.05) is 16.8 Å². The Morgan fingerprint density at radius 1 is 1.03 bits per heavy atom. The minimum absolute atomic E-state index is 0.0827. The Bertz CT molecular complexity index is 1300. The average molecular weight is 490 g/mol. The quantitative estimate of drug-likeness (QED) is 0.208. The van der Waals surface area contributed by atoms with Gasteiger partial charge in [0.15, 0.2) is 22.5 Å². The molecule has 2 N–H and O–H groups in total. The number of hydrogen-bond donors (Lipinski definition) is 2. The zero-order valence-corrected chi connectivity index (χ0v) is 19.9. The number of nitrogens with zero attached hydrogens (tertiary/aromatic N) is 4. The zero-order chi connectivity index (χ0) is 24.6. The van der Waals surface area contributed by atoms with Gasteiger partial charge >= 0.3 is 0 Å². The molecule has 0 aliphatic heterocycles. The van der Waals surface area contributed by atoms with Crippen LogP contribution >= 0.6 is 11.8 Å². The summed E-state index contributed by atoms with van der Waals surface area (Å²) in [7, 11) is 2.87. The number of hydrogen-bond acceptors (Lipinski definition) is 8. The van der Waals surface area contributed by atoms with Gasteiger partial charge in [-0.05, 0) is 24.3 Å². The molecule has 0 aliphatic carbocycles. The Labute approximate surface area is 206 Å². The molecule has 10 heteroatoms. The fourth-order valence-corrected chi connectivity index (χ4v) is 4.02. The molecule has 3 aromatic carbocycles. The number of aromatic hydroxyl groups is 1. The van der Waals surface area contributed by atoms with Gasteiger partial charge in [-0.3, -0.25) is 9.36 Å². The molecule has 0 fully saturated rings. The number of carbonyl (C=O) groups excluding carboxylic acids is 1. The van der Waals surface area contributed by atoms with E-state index >= 15 is 0 Å². The molecule has 0 radical (unpaired) electrons. The Morgan fingerprint density at radius 2 is 1.66 bits per heavy atom. The van der Waals surface area contributed by atoms with Gasteiger partial charge in [0.2, 0.25) is 5.75 Å². The number of para-hydroxylation sites is 1.